The van der Waals surface area contributed by atoms with Gasteiger partial charge in [-0.15, -0.1) is 0 Å². The standard InChI is InChI=1S/2C8H6O7S.K.Na/c9-7(10)4-1-5(8(11)12)3-6(2-4)16(13,14)15;9-7(10)4-1-2-5(8(11)12)6(3-4)16(13,14)15;;/h2*1-3H,(H,9,10)(H,11,12)(H,13,14,15);;/q;;2*+1/p-4. The van der Waals surface area contributed by atoms with Crippen molar-refractivity contribution in [1.82, 2.24) is 0 Å². The topological polar surface area (TPSA) is 269 Å². The van der Waals surface area contributed by atoms with Crippen LogP contribution in [0.15, 0.2) is 46.2 Å². The number of hydrogen-bond acceptors (Lipinski definition) is 12. The molecule has 0 radical (unpaired) electrons. The maximum Gasteiger partial charge on any atom is 1.00 e. The number of rotatable bonds is 6. The number of carbonyl (C=O) groups excluding carboxylic acids is 4. The molecule has 0 unspecified atom stereocenters. The third kappa shape index (κ3) is 10.2. The second-order valence-corrected chi connectivity index (χ2v) is 8.37. The molecule has 18 heteroatoms. The quantitative estimate of drug-likeness (QED) is 0.250. The summed E-state index contributed by atoms with van der Waals surface area (Å²) in [6.07, 6.45) is 0. The van der Waals surface area contributed by atoms with Gasteiger partial charge in [-0.3, -0.25) is 9.11 Å². The number of aromatic carboxylic acids is 4. The van der Waals surface area contributed by atoms with Crippen LogP contribution in [0.5, 0.6) is 0 Å². The van der Waals surface area contributed by atoms with Gasteiger partial charge in [0.1, 0.15) is 4.90 Å². The summed E-state index contributed by atoms with van der Waals surface area (Å²) in [6.45, 7) is 0. The van der Waals surface area contributed by atoms with E-state index < -0.39 is 76.2 Å². The van der Waals surface area contributed by atoms with Crippen molar-refractivity contribution in [2.75, 3.05) is 0 Å². The first-order valence-corrected chi connectivity index (χ1v) is 10.4. The Balaban J connectivity index is 0. The van der Waals surface area contributed by atoms with Gasteiger partial charge in [0.2, 0.25) is 0 Å². The van der Waals surface area contributed by atoms with Crippen molar-refractivity contribution in [1.29, 1.82) is 0 Å². The molecule has 0 spiro atoms. The average molecular weight is 550 g/mol. The summed E-state index contributed by atoms with van der Waals surface area (Å²) in [5, 5.41) is 41.8. The zero-order valence-corrected chi connectivity index (χ0v) is 23.8. The molecule has 0 saturated carbocycles. The van der Waals surface area contributed by atoms with Gasteiger partial charge in [0, 0.05) is 5.56 Å². The van der Waals surface area contributed by atoms with Crippen molar-refractivity contribution in [3.05, 3.63) is 58.7 Å². The molecular weight excluding hydrogens is 542 g/mol. The fourth-order valence-corrected chi connectivity index (χ4v) is 3.27. The number of carbonyl (C=O) groups is 4. The largest absolute Gasteiger partial charge is 1.00 e. The van der Waals surface area contributed by atoms with Gasteiger partial charge in [0.25, 0.3) is 20.2 Å². The number of benzene rings is 2. The van der Waals surface area contributed by atoms with Crippen LogP contribution in [0.3, 0.4) is 0 Å². The molecule has 172 valence electrons. The predicted molar refractivity (Wildman–Crippen MR) is 89.8 cm³/mol. The second-order valence-electron chi connectivity index (χ2n) is 5.56. The van der Waals surface area contributed by atoms with E-state index in [2.05, 4.69) is 0 Å². The van der Waals surface area contributed by atoms with Crippen molar-refractivity contribution in [3.63, 3.8) is 0 Å². The number of carboxylic acid groups (broad SMARTS) is 4. The van der Waals surface area contributed by atoms with Gasteiger partial charge in [0.15, 0.2) is 0 Å². The van der Waals surface area contributed by atoms with Crippen molar-refractivity contribution in [2.45, 2.75) is 9.79 Å². The van der Waals surface area contributed by atoms with Crippen molar-refractivity contribution in [2.24, 2.45) is 0 Å². The molecule has 0 aliphatic rings. The summed E-state index contributed by atoms with van der Waals surface area (Å²) in [4.78, 5) is 39.9. The summed E-state index contributed by atoms with van der Waals surface area (Å²) < 4.78 is 60.3. The molecular formula is C16H8KNaO14S2-2. The first-order valence-electron chi connectivity index (χ1n) is 7.54. The van der Waals surface area contributed by atoms with Crippen LogP contribution < -0.4 is 101 Å². The van der Waals surface area contributed by atoms with Gasteiger partial charge in [0.05, 0.1) is 28.8 Å². The Labute approximate surface area is 255 Å². The number of carboxylic acids is 4. The Morgan fingerprint density at radius 1 is 0.618 bits per heavy atom. The fourth-order valence-electron chi connectivity index (χ4n) is 2.02. The van der Waals surface area contributed by atoms with Crippen LogP contribution in [-0.2, 0) is 20.2 Å². The van der Waals surface area contributed by atoms with E-state index in [1.165, 1.54) is 0 Å². The van der Waals surface area contributed by atoms with Crippen LogP contribution in [0.1, 0.15) is 41.4 Å². The van der Waals surface area contributed by atoms with Gasteiger partial charge in [-0.05, 0) is 41.0 Å². The molecule has 0 saturated heterocycles. The molecule has 0 atom stereocenters. The van der Waals surface area contributed by atoms with Crippen LogP contribution in [0.2, 0.25) is 0 Å². The van der Waals surface area contributed by atoms with E-state index in [0.717, 1.165) is 6.07 Å². The van der Waals surface area contributed by atoms with E-state index in [1.54, 1.807) is 0 Å². The SMILES string of the molecule is O=C([O-])c1cc(C(=O)[O-])cc(S(=O)(=O)O)c1.O=C([O-])c1ccc(C(=O)[O-])c(S(=O)(=O)O)c1.[K+].[Na+]. The van der Waals surface area contributed by atoms with Crippen LogP contribution in [0.25, 0.3) is 0 Å². The molecule has 0 aliphatic carbocycles. The third-order valence-electron chi connectivity index (χ3n) is 3.39. The Hall–Kier alpha value is -1.22. The summed E-state index contributed by atoms with van der Waals surface area (Å²) in [5.74, 6) is -7.09. The Morgan fingerprint density at radius 2 is 1.03 bits per heavy atom. The molecule has 2 rings (SSSR count). The van der Waals surface area contributed by atoms with Gasteiger partial charge >= 0.3 is 80.9 Å². The van der Waals surface area contributed by atoms with Crippen LogP contribution in [-0.4, -0.2) is 49.8 Å². The summed E-state index contributed by atoms with van der Waals surface area (Å²) in [5.41, 5.74) is -2.77. The maximum atomic E-state index is 10.8. The van der Waals surface area contributed by atoms with E-state index >= 15 is 0 Å². The molecule has 2 N–H and O–H groups in total. The first-order chi connectivity index (χ1) is 14.4. The first kappa shape index (κ1) is 34.9. The summed E-state index contributed by atoms with van der Waals surface area (Å²) in [6, 6.07) is 3.84. The molecule has 0 aliphatic heterocycles. The van der Waals surface area contributed by atoms with E-state index in [9.17, 15) is 56.4 Å². The van der Waals surface area contributed by atoms with Crippen LogP contribution in [0.4, 0.5) is 0 Å². The molecule has 2 aromatic carbocycles. The molecule has 2 aromatic rings. The fraction of sp³-hybridized carbons (Fsp3) is 0. The van der Waals surface area contributed by atoms with Gasteiger partial charge in [-0.1, -0.05) is 12.1 Å². The molecule has 0 fully saturated rings. The van der Waals surface area contributed by atoms with Crippen molar-refractivity contribution < 1.29 is 146 Å². The monoisotopic (exact) mass is 550 g/mol. The van der Waals surface area contributed by atoms with E-state index in [-0.39, 0.29) is 80.9 Å². The summed E-state index contributed by atoms with van der Waals surface area (Å²) in [7, 11) is -9.54. The van der Waals surface area contributed by atoms with E-state index in [0.29, 0.717) is 30.3 Å². The predicted octanol–water partition coefficient (Wildman–Crippen LogP) is -10.7. The third-order valence-corrected chi connectivity index (χ3v) is 5.12. The zero-order chi connectivity index (χ0) is 25.0. The van der Waals surface area contributed by atoms with Crippen molar-refractivity contribution in [3.8, 4) is 0 Å². The molecule has 0 bridgehead atoms. The maximum absolute atomic E-state index is 10.8. The molecule has 0 amide bonds. The normalized spacial score (nSPS) is 10.4. The smallest absolute Gasteiger partial charge is 0.545 e. The minimum Gasteiger partial charge on any atom is -0.545 e. The molecule has 14 nitrogen and oxygen atoms in total. The Bertz CT molecular complexity index is 1300. The Kier molecular flexibility index (Phi) is 14.1. The molecule has 0 aromatic heterocycles. The number of hydrogen-bond donors (Lipinski definition) is 2. The average Bonchev–Trinajstić information content (AvgIpc) is 2.66. The molecule has 34 heavy (non-hydrogen) atoms. The second kappa shape index (κ2) is 13.8. The zero-order valence-electron chi connectivity index (χ0n) is 17.1. The Morgan fingerprint density at radius 3 is 1.32 bits per heavy atom. The van der Waals surface area contributed by atoms with Crippen molar-refractivity contribution >= 4 is 44.1 Å². The minimum atomic E-state index is -4.85. The van der Waals surface area contributed by atoms with Crippen LogP contribution in [0, 0.1) is 0 Å². The van der Waals surface area contributed by atoms with Crippen LogP contribution >= 0.6 is 0 Å². The molecule has 0 heterocycles. The summed E-state index contributed by atoms with van der Waals surface area (Å²) >= 11 is 0. The minimum absolute atomic E-state index is 0. The van der Waals surface area contributed by atoms with Gasteiger partial charge in [-0.25, -0.2) is 0 Å². The van der Waals surface area contributed by atoms with Gasteiger partial charge in [-0.2, -0.15) is 16.8 Å². The van der Waals surface area contributed by atoms with E-state index in [1.807, 2.05) is 0 Å². The van der Waals surface area contributed by atoms with Gasteiger partial charge < -0.3 is 39.6 Å². The van der Waals surface area contributed by atoms with E-state index in [4.69, 9.17) is 9.11 Å².